The first-order valence-electron chi connectivity index (χ1n) is 38.7. The summed E-state index contributed by atoms with van der Waals surface area (Å²) in [7, 11) is 0. The first-order chi connectivity index (χ1) is 48.8. The molecule has 0 saturated heterocycles. The molecule has 2 nitrogen and oxygen atoms in total. The highest BCUT2D eigenvalue weighted by atomic mass is 15.2. The van der Waals surface area contributed by atoms with E-state index < -0.39 is 0 Å². The number of hydrogen-bond donors (Lipinski definition) is 0. The fraction of sp³-hybridized carbons (Fsp3) is 0.340. The van der Waals surface area contributed by atoms with Crippen LogP contribution in [-0.4, -0.2) is 6.71 Å². The van der Waals surface area contributed by atoms with Crippen LogP contribution in [0.2, 0.25) is 0 Å². The first-order valence-corrected chi connectivity index (χ1v) is 38.7. The van der Waals surface area contributed by atoms with Crippen molar-refractivity contribution in [2.75, 3.05) is 9.80 Å². The third-order valence-corrected chi connectivity index (χ3v) is 24.5. The second kappa shape index (κ2) is 24.6. The van der Waals surface area contributed by atoms with E-state index in [-0.39, 0.29) is 44.6 Å². The van der Waals surface area contributed by atoms with Gasteiger partial charge in [-0.15, -0.1) is 0 Å². The van der Waals surface area contributed by atoms with Crippen LogP contribution in [0, 0.1) is 17.8 Å². The van der Waals surface area contributed by atoms with Crippen molar-refractivity contribution in [1.82, 2.24) is 0 Å². The van der Waals surface area contributed by atoms with Gasteiger partial charge in [-0.25, -0.2) is 0 Å². The molecule has 17 rings (SSSR count). The Hall–Kier alpha value is -8.92. The molecule has 0 aromatic heterocycles. The summed E-state index contributed by atoms with van der Waals surface area (Å²) >= 11 is 0. The van der Waals surface area contributed by atoms with Gasteiger partial charge in [-0.1, -0.05) is 307 Å². The maximum absolute atomic E-state index is 2.86. The van der Waals surface area contributed by atoms with Crippen molar-refractivity contribution < 1.29 is 0 Å². The van der Waals surface area contributed by atoms with Gasteiger partial charge in [0, 0.05) is 45.0 Å². The van der Waals surface area contributed by atoms with Crippen molar-refractivity contribution in [3.8, 4) is 66.8 Å². The molecule has 0 radical (unpaired) electrons. The molecule has 520 valence electrons. The van der Waals surface area contributed by atoms with Crippen molar-refractivity contribution in [2.45, 2.75) is 201 Å². The maximum atomic E-state index is 2.86. The normalized spacial score (nSPS) is 18.6. The van der Waals surface area contributed by atoms with Crippen molar-refractivity contribution in [3.63, 3.8) is 0 Å². The standard InChI is InChI=1S/C100H107BN2/c1-94(2,3)74-37-25-33-70(48-74)81-54-78(98(13,14)15)55-82(71-34-26-38-75(49-71)95(4,5)6)92(81)102-87-43-41-68(66-29-21-19-22-30-66)52-85(87)101-86-53-69(67-31-23-20-24-32-67)42-44-88(86)103(90-59-80(58-89(102)91(90)101)100-60-63-45-64(61-100)47-65(46-63)62-100)93-83(72-35-27-39-76(50-72)96(7,8)9)56-79(99(16,17)18)57-84(93)73-36-28-40-77(51-73)97(10,11)12/h19-44,48-59,63-65H,45-47,60-62H2,1-18H3. The molecule has 0 unspecified atom stereocenters. The lowest BCUT2D eigenvalue weighted by molar-refractivity contribution is -0.00514. The van der Waals surface area contributed by atoms with Crippen LogP contribution in [-0.2, 0) is 37.9 Å². The largest absolute Gasteiger partial charge is 0.310 e. The van der Waals surface area contributed by atoms with E-state index in [1.165, 1.54) is 195 Å². The van der Waals surface area contributed by atoms with Crippen molar-refractivity contribution >= 4 is 57.2 Å². The molecule has 4 aliphatic carbocycles. The summed E-state index contributed by atoms with van der Waals surface area (Å²) in [5, 5.41) is 0. The van der Waals surface area contributed by atoms with Crippen LogP contribution in [0.15, 0.2) is 231 Å². The minimum atomic E-state index is -0.185. The minimum Gasteiger partial charge on any atom is -0.310 e. The molecule has 0 atom stereocenters. The van der Waals surface area contributed by atoms with Crippen LogP contribution in [0.25, 0.3) is 66.8 Å². The van der Waals surface area contributed by atoms with Gasteiger partial charge in [-0.05, 0) is 243 Å². The maximum Gasteiger partial charge on any atom is 0.252 e. The van der Waals surface area contributed by atoms with Gasteiger partial charge in [-0.3, -0.25) is 0 Å². The molecule has 11 aromatic rings. The highest BCUT2D eigenvalue weighted by molar-refractivity contribution is 7.00. The Bertz CT molecular complexity index is 4640. The van der Waals surface area contributed by atoms with Gasteiger partial charge in [0.1, 0.15) is 0 Å². The third kappa shape index (κ3) is 12.3. The summed E-state index contributed by atoms with van der Waals surface area (Å²) in [6.07, 6.45) is 7.82. The topological polar surface area (TPSA) is 6.48 Å². The summed E-state index contributed by atoms with van der Waals surface area (Å²) in [4.78, 5) is 5.73. The molecule has 3 heteroatoms. The van der Waals surface area contributed by atoms with E-state index in [1.54, 1.807) is 0 Å². The van der Waals surface area contributed by atoms with Crippen molar-refractivity contribution in [3.05, 3.63) is 269 Å². The molecule has 4 bridgehead atoms. The summed E-state index contributed by atoms with van der Waals surface area (Å²) in [5.41, 5.74) is 35.0. The smallest absolute Gasteiger partial charge is 0.252 e. The fourth-order valence-corrected chi connectivity index (χ4v) is 19.0. The Morgan fingerprint density at radius 1 is 0.272 bits per heavy atom. The molecular weight excluding hydrogens is 1240 g/mol. The molecule has 11 aromatic carbocycles. The summed E-state index contributed by atoms with van der Waals surface area (Å²) < 4.78 is 0. The van der Waals surface area contributed by atoms with Crippen molar-refractivity contribution in [1.29, 1.82) is 0 Å². The minimum absolute atomic E-state index is 0.00959. The van der Waals surface area contributed by atoms with Gasteiger partial charge < -0.3 is 9.80 Å². The van der Waals surface area contributed by atoms with Gasteiger partial charge in [0.25, 0.3) is 6.71 Å². The molecule has 4 saturated carbocycles. The highest BCUT2D eigenvalue weighted by Crippen LogP contribution is 2.63. The lowest BCUT2D eigenvalue weighted by Gasteiger charge is -2.57. The molecule has 0 spiro atoms. The number of rotatable bonds is 9. The Labute approximate surface area is 618 Å². The van der Waals surface area contributed by atoms with Crippen LogP contribution in [0.1, 0.15) is 202 Å². The molecule has 103 heavy (non-hydrogen) atoms. The van der Waals surface area contributed by atoms with Crippen molar-refractivity contribution in [2.24, 2.45) is 17.8 Å². The number of benzene rings is 11. The Morgan fingerprint density at radius 3 is 0.854 bits per heavy atom. The Balaban J connectivity index is 1.13. The van der Waals surface area contributed by atoms with Gasteiger partial charge in [0.05, 0.1) is 11.4 Å². The van der Waals surface area contributed by atoms with E-state index in [0.717, 1.165) is 17.8 Å². The summed E-state index contributed by atoms with van der Waals surface area (Å²) in [6, 6.07) is 92.2. The average Bonchev–Trinajstić information content (AvgIpc) is 0.682. The highest BCUT2D eigenvalue weighted by Gasteiger charge is 2.54. The Morgan fingerprint density at radius 2 is 0.563 bits per heavy atom. The second-order valence-electron chi connectivity index (χ2n) is 38.2. The zero-order valence-electron chi connectivity index (χ0n) is 64.9. The van der Waals surface area contributed by atoms with Gasteiger partial charge in [0.2, 0.25) is 0 Å². The molecule has 0 amide bonds. The SMILES string of the molecule is CC(C)(C)c1cccc(-c2cc(C(C)(C)C)cc(-c3cccc(C(C)(C)C)c3)c2N2c3ccc(-c4ccccc4)cc3B3c4cc(-c5ccccc5)ccc4N(c4c(-c5cccc(C(C)(C)C)c5)cc(C(C)(C)C)cc4-c4cccc(C(C)(C)C)c4)c4cc(C56CC7CC(CC(C7)C5)C6)cc2c43)c1. The lowest BCUT2D eigenvalue weighted by atomic mass is 9.33. The van der Waals surface area contributed by atoms with E-state index in [9.17, 15) is 0 Å². The molecule has 4 fully saturated rings. The van der Waals surface area contributed by atoms with Crippen LogP contribution < -0.4 is 26.2 Å². The monoisotopic (exact) mass is 1350 g/mol. The lowest BCUT2D eigenvalue weighted by Crippen LogP contribution is -2.61. The number of nitrogens with zero attached hydrogens (tertiary/aromatic N) is 2. The van der Waals surface area contributed by atoms with E-state index >= 15 is 0 Å². The third-order valence-electron chi connectivity index (χ3n) is 24.5. The van der Waals surface area contributed by atoms with E-state index in [1.807, 2.05) is 0 Å². The number of anilines is 6. The summed E-state index contributed by atoms with van der Waals surface area (Å²) in [5.74, 6) is 2.19. The van der Waals surface area contributed by atoms with Crippen LogP contribution in [0.3, 0.4) is 0 Å². The van der Waals surface area contributed by atoms with E-state index in [0.29, 0.717) is 0 Å². The average molecular weight is 1350 g/mol. The van der Waals surface area contributed by atoms with Gasteiger partial charge in [-0.2, -0.15) is 0 Å². The van der Waals surface area contributed by atoms with Crippen LogP contribution in [0.4, 0.5) is 34.1 Å². The van der Waals surface area contributed by atoms with Crippen LogP contribution in [0.5, 0.6) is 0 Å². The first kappa shape index (κ1) is 68.5. The zero-order valence-corrected chi connectivity index (χ0v) is 64.9. The molecule has 2 aliphatic heterocycles. The molecule has 0 N–H and O–H groups in total. The van der Waals surface area contributed by atoms with Gasteiger partial charge in [0.15, 0.2) is 0 Å². The van der Waals surface area contributed by atoms with Crippen LogP contribution >= 0.6 is 0 Å². The molecule has 6 aliphatic rings. The predicted octanol–water partition coefficient (Wildman–Crippen LogP) is 26.0. The second-order valence-corrected chi connectivity index (χ2v) is 38.2. The quantitative estimate of drug-likeness (QED) is 0.133. The van der Waals surface area contributed by atoms with Gasteiger partial charge >= 0.3 is 0 Å². The number of fused-ring (bicyclic) bond motifs is 4. The predicted molar refractivity (Wildman–Crippen MR) is 445 cm³/mol. The number of hydrogen-bond acceptors (Lipinski definition) is 2. The molecular formula is C100H107BN2. The Kier molecular flexibility index (Phi) is 16.4. The zero-order chi connectivity index (χ0) is 72.2. The summed E-state index contributed by atoms with van der Waals surface area (Å²) in [6.45, 7) is 42.8. The van der Waals surface area contributed by atoms with E-state index in [2.05, 4.69) is 365 Å². The van der Waals surface area contributed by atoms with E-state index in [4.69, 9.17) is 0 Å². The fourth-order valence-electron chi connectivity index (χ4n) is 19.0. The molecule has 2 heterocycles.